The Morgan fingerprint density at radius 1 is 1.19 bits per heavy atom. The largest absolute Gasteiger partial charge is 0.420 e. The molecule has 0 saturated carbocycles. The molecule has 0 aromatic carbocycles. The maximum atomic E-state index is 13.2. The second-order valence-electron chi connectivity index (χ2n) is 10.8. The number of Topliss-reactive ketones (excluding diaryl/α,β-unsaturated/α-hetero) is 1. The number of amides is 1. The predicted molar refractivity (Wildman–Crippen MR) is 116 cm³/mol. The highest BCUT2D eigenvalue weighted by Crippen LogP contribution is 2.41. The number of nitrogens with one attached hydrogen (secondary N) is 1. The van der Waals surface area contributed by atoms with Gasteiger partial charge in [-0.2, -0.15) is 0 Å². The average molecular weight is 416 g/mol. The quantitative estimate of drug-likeness (QED) is 0.461. The molecule has 1 fully saturated rings. The highest BCUT2D eigenvalue weighted by Gasteiger charge is 2.53. The summed E-state index contributed by atoms with van der Waals surface area (Å²) in [6.07, 6.45) is 0. The Labute approximate surface area is 168 Å². The first kappa shape index (κ1) is 24.5. The van der Waals surface area contributed by atoms with E-state index in [-0.39, 0.29) is 40.9 Å². The number of hydrogen-bond acceptors (Lipinski definition) is 4. The van der Waals surface area contributed by atoms with E-state index in [9.17, 15) is 9.59 Å². The average Bonchev–Trinajstić information content (AvgIpc) is 2.43. The minimum absolute atomic E-state index is 0.0394. The third kappa shape index (κ3) is 6.51. The first-order valence-corrected chi connectivity index (χ1v) is 16.3. The Hall–Kier alpha value is -0.506. The normalized spacial score (nSPS) is 23.6. The van der Waals surface area contributed by atoms with E-state index in [1.807, 2.05) is 20.8 Å². The third-order valence-corrected chi connectivity index (χ3v) is 7.24. The summed E-state index contributed by atoms with van der Waals surface area (Å²) in [5.41, 5.74) is -0.912. The van der Waals surface area contributed by atoms with Gasteiger partial charge in [-0.05, 0) is 57.9 Å². The van der Waals surface area contributed by atoms with Crippen molar-refractivity contribution in [3.05, 3.63) is 0 Å². The molecule has 158 valence electrons. The maximum absolute atomic E-state index is 13.2. The van der Waals surface area contributed by atoms with Gasteiger partial charge in [-0.3, -0.25) is 9.59 Å². The molecule has 1 aliphatic heterocycles. The minimum Gasteiger partial charge on any atom is -0.420 e. The highest BCUT2D eigenvalue weighted by molar-refractivity contribution is 6.70. The Morgan fingerprint density at radius 3 is 2.07 bits per heavy atom. The third-order valence-electron chi connectivity index (χ3n) is 5.26. The van der Waals surface area contributed by atoms with Gasteiger partial charge in [0, 0.05) is 12.5 Å². The molecule has 0 aliphatic carbocycles. The monoisotopic (exact) mass is 415 g/mol. The van der Waals surface area contributed by atoms with Crippen LogP contribution in [-0.4, -0.2) is 47.3 Å². The summed E-state index contributed by atoms with van der Waals surface area (Å²) in [5, 5.41) is 3.00. The van der Waals surface area contributed by atoms with Crippen molar-refractivity contribution in [2.75, 3.05) is 6.61 Å². The van der Waals surface area contributed by atoms with E-state index in [2.05, 4.69) is 58.8 Å². The summed E-state index contributed by atoms with van der Waals surface area (Å²) in [7, 11) is -3.04. The number of hydrogen-bond donors (Lipinski definition) is 1. The molecule has 1 saturated heterocycles. The zero-order chi connectivity index (χ0) is 21.4. The first-order chi connectivity index (χ1) is 12.0. The van der Waals surface area contributed by atoms with Crippen molar-refractivity contribution in [2.24, 2.45) is 23.2 Å². The number of carbonyl (C=O) groups is 2. The number of ketones is 1. The van der Waals surface area contributed by atoms with Crippen LogP contribution in [0.5, 0.6) is 0 Å². The van der Waals surface area contributed by atoms with Gasteiger partial charge in [0.2, 0.25) is 5.91 Å². The van der Waals surface area contributed by atoms with Crippen LogP contribution in [-0.2, 0) is 18.4 Å². The Morgan fingerprint density at radius 2 is 1.70 bits per heavy atom. The Kier molecular flexibility index (Phi) is 7.70. The molecule has 0 radical (unpaired) electrons. The predicted octanol–water partition coefficient (Wildman–Crippen LogP) is 3.60. The number of carbonyl (C=O) groups excluding carboxylic acids is 2. The van der Waals surface area contributed by atoms with Gasteiger partial charge in [0.05, 0.1) is 12.0 Å². The van der Waals surface area contributed by atoms with Crippen LogP contribution in [0.15, 0.2) is 0 Å². The van der Waals surface area contributed by atoms with E-state index in [4.69, 9.17) is 8.85 Å². The van der Waals surface area contributed by atoms with Gasteiger partial charge in [-0.15, -0.1) is 0 Å². The molecular formula is C20H41NO4Si2. The van der Waals surface area contributed by atoms with Crippen LogP contribution < -0.4 is 5.32 Å². The van der Waals surface area contributed by atoms with Crippen molar-refractivity contribution >= 4 is 29.0 Å². The molecule has 1 heterocycles. The Bertz CT molecular complexity index is 549. The lowest BCUT2D eigenvalue weighted by Gasteiger charge is -2.49. The van der Waals surface area contributed by atoms with Crippen LogP contribution in [0.25, 0.3) is 0 Å². The fraction of sp³-hybridized carbons (Fsp3) is 0.900. The topological polar surface area (TPSA) is 64.6 Å². The summed E-state index contributed by atoms with van der Waals surface area (Å²) in [6.45, 7) is 23.2. The van der Waals surface area contributed by atoms with Crippen molar-refractivity contribution in [3.8, 4) is 0 Å². The van der Waals surface area contributed by atoms with Crippen LogP contribution in [0.2, 0.25) is 32.7 Å². The molecule has 0 bridgehead atoms. The van der Waals surface area contributed by atoms with Crippen molar-refractivity contribution in [2.45, 2.75) is 85.9 Å². The van der Waals surface area contributed by atoms with Crippen LogP contribution >= 0.6 is 0 Å². The summed E-state index contributed by atoms with van der Waals surface area (Å²) < 4.78 is 12.2. The minimum atomic E-state index is -1.86. The second-order valence-corrected chi connectivity index (χ2v) is 17.7. The van der Waals surface area contributed by atoms with E-state index < -0.39 is 23.0 Å². The van der Waals surface area contributed by atoms with Gasteiger partial charge >= 0.3 is 0 Å². The molecule has 1 amide bonds. The lowest BCUT2D eigenvalue weighted by Crippen LogP contribution is -2.67. The van der Waals surface area contributed by atoms with E-state index in [1.165, 1.54) is 0 Å². The smallest absolute Gasteiger partial charge is 0.225 e. The lowest BCUT2D eigenvalue weighted by atomic mass is 9.64. The van der Waals surface area contributed by atoms with Gasteiger partial charge in [0.1, 0.15) is 5.60 Å². The van der Waals surface area contributed by atoms with Crippen molar-refractivity contribution < 1.29 is 18.4 Å². The molecule has 5 nitrogen and oxygen atoms in total. The zero-order valence-corrected chi connectivity index (χ0v) is 21.4. The molecule has 0 spiro atoms. The first-order valence-electron chi connectivity index (χ1n) is 10.1. The fourth-order valence-electron chi connectivity index (χ4n) is 4.00. The van der Waals surface area contributed by atoms with Crippen LogP contribution in [0, 0.1) is 23.2 Å². The number of rotatable bonds is 9. The fourth-order valence-corrected chi connectivity index (χ4v) is 6.23. The maximum Gasteiger partial charge on any atom is 0.225 e. The highest BCUT2D eigenvalue weighted by atomic mass is 28.4. The van der Waals surface area contributed by atoms with E-state index in [0.717, 1.165) is 0 Å². The molecule has 7 heteroatoms. The van der Waals surface area contributed by atoms with Crippen molar-refractivity contribution in [1.29, 1.82) is 0 Å². The standard InChI is InChI=1S/C20H41NO4Si2/c1-13(17(22)20(5,6)25-27(9,10)11)16-15(18(23)21-16)14(19(2,3)4)12-24-26(7)8/h13-16,26H,12H2,1-11H3,(H,21,23)/t13-,14-,15+,16-/m1/s1. The van der Waals surface area contributed by atoms with Crippen LogP contribution in [0.1, 0.15) is 41.5 Å². The molecule has 1 aliphatic rings. The van der Waals surface area contributed by atoms with E-state index >= 15 is 0 Å². The van der Waals surface area contributed by atoms with Crippen molar-refractivity contribution in [3.63, 3.8) is 0 Å². The summed E-state index contributed by atoms with van der Waals surface area (Å²) in [5.74, 6) is -0.300. The Balaban J connectivity index is 3.01. The van der Waals surface area contributed by atoms with Crippen molar-refractivity contribution in [1.82, 2.24) is 5.32 Å². The molecule has 1 rings (SSSR count). The lowest BCUT2D eigenvalue weighted by molar-refractivity contribution is -0.150. The van der Waals surface area contributed by atoms with Gasteiger partial charge < -0.3 is 14.2 Å². The molecule has 0 aromatic rings. The number of β-lactam (4-membered cyclic amide) rings is 1. The summed E-state index contributed by atoms with van der Waals surface area (Å²) >= 11 is 0. The molecule has 27 heavy (non-hydrogen) atoms. The summed E-state index contributed by atoms with van der Waals surface area (Å²) in [4.78, 5) is 25.7. The molecule has 4 atom stereocenters. The van der Waals surface area contributed by atoms with Gasteiger partial charge in [-0.25, -0.2) is 0 Å². The van der Waals surface area contributed by atoms with Crippen LogP contribution in [0.3, 0.4) is 0 Å². The molecule has 0 unspecified atom stereocenters. The van der Waals surface area contributed by atoms with Gasteiger partial charge in [-0.1, -0.05) is 27.7 Å². The van der Waals surface area contributed by atoms with E-state index in [0.29, 0.717) is 6.61 Å². The zero-order valence-electron chi connectivity index (χ0n) is 19.2. The summed E-state index contributed by atoms with van der Waals surface area (Å²) in [6, 6.07) is -0.156. The SMILES string of the molecule is C[C@@H](C(=O)C(C)(C)O[Si](C)(C)C)[C@H]1NC(=O)[C@H]1[C@@H](CO[SiH](C)C)C(C)(C)C. The molecular weight excluding hydrogens is 374 g/mol. The van der Waals surface area contributed by atoms with Gasteiger partial charge in [0.15, 0.2) is 23.1 Å². The second kappa shape index (κ2) is 8.47. The van der Waals surface area contributed by atoms with E-state index in [1.54, 1.807) is 0 Å². The molecule has 1 N–H and O–H groups in total. The van der Waals surface area contributed by atoms with Gasteiger partial charge in [0.25, 0.3) is 0 Å². The van der Waals surface area contributed by atoms with Crippen LogP contribution in [0.4, 0.5) is 0 Å². The molecule has 0 aromatic heterocycles.